The van der Waals surface area contributed by atoms with Crippen LogP contribution in [-0.2, 0) is 4.79 Å². The summed E-state index contributed by atoms with van der Waals surface area (Å²) in [4.78, 5) is 9.00. The highest BCUT2D eigenvalue weighted by Crippen LogP contribution is 2.12. The van der Waals surface area contributed by atoms with E-state index in [1.54, 1.807) is 0 Å². The van der Waals surface area contributed by atoms with Gasteiger partial charge < -0.3 is 10.2 Å². The zero-order chi connectivity index (χ0) is 15.6. The minimum atomic E-state index is -0.833. The van der Waals surface area contributed by atoms with Crippen LogP contribution in [0.25, 0.3) is 0 Å². The summed E-state index contributed by atoms with van der Waals surface area (Å²) in [6.45, 7) is 5.70. The van der Waals surface area contributed by atoms with Crippen LogP contribution in [0.1, 0.15) is 85.0 Å². The Kier molecular flexibility index (Phi) is 19.2. The maximum Gasteiger partial charge on any atom is 0.300 e. The summed E-state index contributed by atoms with van der Waals surface area (Å²) in [6.07, 6.45) is 16.4. The molecule has 20 heavy (non-hydrogen) atoms. The van der Waals surface area contributed by atoms with Crippen LogP contribution in [-0.4, -0.2) is 16.2 Å². The molecule has 0 bridgehead atoms. The highest BCUT2D eigenvalue weighted by atomic mass is 16.4. The second kappa shape index (κ2) is 18.0. The van der Waals surface area contributed by atoms with Gasteiger partial charge in [-0.05, 0) is 18.8 Å². The Bertz CT molecular complexity index is 218. The fourth-order valence-electron chi connectivity index (χ4n) is 1.95. The molecule has 0 aromatic carbocycles. The van der Waals surface area contributed by atoms with E-state index in [1.807, 2.05) is 6.08 Å². The summed E-state index contributed by atoms with van der Waals surface area (Å²) in [5, 5.41) is 15.9. The molecule has 0 aromatic heterocycles. The van der Waals surface area contributed by atoms with E-state index in [1.165, 1.54) is 57.8 Å². The lowest BCUT2D eigenvalue weighted by molar-refractivity contribution is -0.134. The van der Waals surface area contributed by atoms with Crippen LogP contribution in [0, 0.1) is 5.92 Å². The molecule has 0 unspecified atom stereocenters. The number of hydrogen-bond donors (Lipinski definition) is 2. The third-order valence-electron chi connectivity index (χ3n) is 3.01. The summed E-state index contributed by atoms with van der Waals surface area (Å²) >= 11 is 0. The number of carboxylic acid groups (broad SMARTS) is 1. The van der Waals surface area contributed by atoms with Gasteiger partial charge in [0.05, 0.1) is 6.26 Å². The molecule has 3 heteroatoms. The Morgan fingerprint density at radius 3 is 1.75 bits per heavy atom. The summed E-state index contributed by atoms with van der Waals surface area (Å²) in [7, 11) is 0. The fourth-order valence-corrected chi connectivity index (χ4v) is 1.95. The molecule has 0 heterocycles. The van der Waals surface area contributed by atoms with Gasteiger partial charge in [-0.15, -0.1) is 0 Å². The average Bonchev–Trinajstić information content (AvgIpc) is 2.35. The maximum atomic E-state index is 9.00. The Labute approximate surface area is 125 Å². The third kappa shape index (κ3) is 30.2. The molecule has 0 spiro atoms. The highest BCUT2D eigenvalue weighted by Gasteiger charge is 1.94. The molecule has 0 saturated heterocycles. The molecule has 0 radical (unpaired) electrons. The number of carboxylic acids is 1. The van der Waals surface area contributed by atoms with Gasteiger partial charge >= 0.3 is 0 Å². The fraction of sp³-hybridized carbons (Fsp3) is 0.824. The number of aliphatic hydroxyl groups is 1. The van der Waals surface area contributed by atoms with Crippen LogP contribution in [0.2, 0.25) is 0 Å². The van der Waals surface area contributed by atoms with Gasteiger partial charge in [0, 0.05) is 6.92 Å². The molecule has 0 aliphatic heterocycles. The van der Waals surface area contributed by atoms with Crippen molar-refractivity contribution in [3.8, 4) is 0 Å². The largest absolute Gasteiger partial charge is 0.516 e. The third-order valence-corrected chi connectivity index (χ3v) is 3.01. The normalized spacial score (nSPS) is 10.6. The second-order valence-electron chi connectivity index (χ2n) is 5.70. The van der Waals surface area contributed by atoms with Gasteiger partial charge in [0.15, 0.2) is 0 Å². The molecule has 120 valence electrons. The molecule has 0 aliphatic rings. The standard InChI is InChI=1S/C15H30O.C2H4O2/c1-15(2)13-11-9-7-5-3-4-6-8-10-12-14-16;1-2(3)4/h12,14-16H,3-11,13H2,1-2H3;1H3,(H,3,4). The molecule has 3 nitrogen and oxygen atoms in total. The van der Waals surface area contributed by atoms with Gasteiger partial charge in [-0.2, -0.15) is 0 Å². The van der Waals surface area contributed by atoms with Crippen molar-refractivity contribution in [1.82, 2.24) is 0 Å². The molecule has 0 amide bonds. The first kappa shape index (κ1) is 21.3. The van der Waals surface area contributed by atoms with Crippen molar-refractivity contribution in [2.75, 3.05) is 0 Å². The van der Waals surface area contributed by atoms with E-state index in [4.69, 9.17) is 15.0 Å². The molecule has 0 saturated carbocycles. The predicted octanol–water partition coefficient (Wildman–Crippen LogP) is 5.71. The van der Waals surface area contributed by atoms with Gasteiger partial charge in [-0.3, -0.25) is 4.79 Å². The van der Waals surface area contributed by atoms with E-state index < -0.39 is 5.97 Å². The van der Waals surface area contributed by atoms with E-state index >= 15 is 0 Å². The van der Waals surface area contributed by atoms with Crippen molar-refractivity contribution in [1.29, 1.82) is 0 Å². The zero-order valence-corrected chi connectivity index (χ0v) is 13.6. The summed E-state index contributed by atoms with van der Waals surface area (Å²) < 4.78 is 0. The average molecular weight is 286 g/mol. The molecule has 0 fully saturated rings. The minimum absolute atomic E-state index is 0.833. The van der Waals surface area contributed by atoms with Gasteiger partial charge in [0.25, 0.3) is 5.97 Å². The lowest BCUT2D eigenvalue weighted by Crippen LogP contribution is -1.87. The lowest BCUT2D eigenvalue weighted by atomic mass is 10.0. The van der Waals surface area contributed by atoms with Crippen LogP contribution < -0.4 is 0 Å². The molecule has 0 aliphatic carbocycles. The quantitative estimate of drug-likeness (QED) is 0.378. The zero-order valence-electron chi connectivity index (χ0n) is 13.6. The first-order valence-electron chi connectivity index (χ1n) is 7.99. The molecule has 2 N–H and O–H groups in total. The monoisotopic (exact) mass is 286 g/mol. The van der Waals surface area contributed by atoms with E-state index in [2.05, 4.69) is 13.8 Å². The Morgan fingerprint density at radius 1 is 0.950 bits per heavy atom. The van der Waals surface area contributed by atoms with Gasteiger partial charge in [0.2, 0.25) is 0 Å². The number of aliphatic carboxylic acids is 1. The number of aliphatic hydroxyl groups excluding tert-OH is 1. The van der Waals surface area contributed by atoms with Crippen LogP contribution in [0.4, 0.5) is 0 Å². The summed E-state index contributed by atoms with van der Waals surface area (Å²) in [5.41, 5.74) is 0. The maximum absolute atomic E-state index is 9.00. The molecule has 0 rings (SSSR count). The van der Waals surface area contributed by atoms with Gasteiger partial charge in [-0.25, -0.2) is 0 Å². The Balaban J connectivity index is 0. The van der Waals surface area contributed by atoms with Crippen LogP contribution in [0.3, 0.4) is 0 Å². The van der Waals surface area contributed by atoms with Crippen LogP contribution in [0.15, 0.2) is 12.3 Å². The van der Waals surface area contributed by atoms with E-state index in [9.17, 15) is 0 Å². The molecular formula is C17H34O3. The second-order valence-corrected chi connectivity index (χ2v) is 5.70. The van der Waals surface area contributed by atoms with Crippen molar-refractivity contribution in [2.24, 2.45) is 5.92 Å². The number of allylic oxidation sites excluding steroid dienone is 1. The van der Waals surface area contributed by atoms with Crippen molar-refractivity contribution in [3.63, 3.8) is 0 Å². The Morgan fingerprint density at radius 2 is 1.35 bits per heavy atom. The molecule has 0 atom stereocenters. The van der Waals surface area contributed by atoms with Crippen molar-refractivity contribution < 1.29 is 15.0 Å². The van der Waals surface area contributed by atoms with Crippen LogP contribution in [0.5, 0.6) is 0 Å². The first-order chi connectivity index (χ1) is 9.50. The number of unbranched alkanes of at least 4 members (excludes halogenated alkanes) is 8. The van der Waals surface area contributed by atoms with Gasteiger partial charge in [-0.1, -0.05) is 71.3 Å². The number of hydrogen-bond acceptors (Lipinski definition) is 2. The smallest absolute Gasteiger partial charge is 0.300 e. The van der Waals surface area contributed by atoms with Crippen LogP contribution >= 0.6 is 0 Å². The first-order valence-corrected chi connectivity index (χ1v) is 7.99. The van der Waals surface area contributed by atoms with Crippen molar-refractivity contribution in [2.45, 2.75) is 85.0 Å². The van der Waals surface area contributed by atoms with E-state index in [-0.39, 0.29) is 0 Å². The van der Waals surface area contributed by atoms with E-state index in [0.717, 1.165) is 25.5 Å². The molecular weight excluding hydrogens is 252 g/mol. The highest BCUT2D eigenvalue weighted by molar-refractivity contribution is 5.62. The summed E-state index contributed by atoms with van der Waals surface area (Å²) in [5.74, 6) is 0.0413. The van der Waals surface area contributed by atoms with E-state index in [0.29, 0.717) is 0 Å². The summed E-state index contributed by atoms with van der Waals surface area (Å²) in [6, 6.07) is 0. The Hall–Kier alpha value is -0.990. The van der Waals surface area contributed by atoms with Crippen molar-refractivity contribution in [3.05, 3.63) is 12.3 Å². The lowest BCUT2D eigenvalue weighted by Gasteiger charge is -2.04. The minimum Gasteiger partial charge on any atom is -0.516 e. The van der Waals surface area contributed by atoms with Gasteiger partial charge in [0.1, 0.15) is 0 Å². The SMILES string of the molecule is CC(=O)O.CC(C)CCCCCCCCCCC=CO. The van der Waals surface area contributed by atoms with Crippen molar-refractivity contribution >= 4 is 5.97 Å². The number of rotatable bonds is 11. The topological polar surface area (TPSA) is 57.5 Å². The predicted molar refractivity (Wildman–Crippen MR) is 86.1 cm³/mol. The molecule has 0 aromatic rings. The number of carbonyl (C=O) groups is 1.